The third kappa shape index (κ3) is 4.94. The van der Waals surface area contributed by atoms with Crippen molar-refractivity contribution < 1.29 is 4.74 Å². The topological polar surface area (TPSA) is 38.5 Å². The number of hydrogen-bond acceptors (Lipinski definition) is 3. The molecule has 1 rings (SSSR count). The number of hydrogen-bond donors (Lipinski definition) is 1. The maximum atomic E-state index is 5.90. The molecule has 2 unspecified atom stereocenters. The van der Waals surface area contributed by atoms with Gasteiger partial charge in [0.2, 0.25) is 0 Å². The van der Waals surface area contributed by atoms with Gasteiger partial charge in [0, 0.05) is 26.2 Å². The zero-order valence-electron chi connectivity index (χ0n) is 11.8. The van der Waals surface area contributed by atoms with Gasteiger partial charge in [0.15, 0.2) is 0 Å². The smallest absolute Gasteiger partial charge is 0.0589 e. The second-order valence-corrected chi connectivity index (χ2v) is 5.62. The van der Waals surface area contributed by atoms with Crippen LogP contribution in [-0.4, -0.2) is 44.3 Å². The summed E-state index contributed by atoms with van der Waals surface area (Å²) in [7, 11) is 1.78. The number of rotatable bonds is 7. The third-order valence-corrected chi connectivity index (χ3v) is 4.15. The predicted octanol–water partition coefficient (Wildman–Crippen LogP) is 2.11. The molecule has 0 aromatic heterocycles. The van der Waals surface area contributed by atoms with E-state index in [1.54, 1.807) is 7.11 Å². The first-order valence-electron chi connectivity index (χ1n) is 7.12. The third-order valence-electron chi connectivity index (χ3n) is 4.15. The van der Waals surface area contributed by atoms with Crippen molar-refractivity contribution in [3.05, 3.63) is 0 Å². The van der Waals surface area contributed by atoms with E-state index in [0.717, 1.165) is 31.5 Å². The fraction of sp³-hybridized carbons (Fsp3) is 1.00. The minimum atomic E-state index is 0.602. The number of methoxy groups -OCH3 is 1. The average molecular weight is 242 g/mol. The molecule has 0 aliphatic heterocycles. The molecule has 1 saturated carbocycles. The van der Waals surface area contributed by atoms with Crippen LogP contribution in [0.2, 0.25) is 0 Å². The Balaban J connectivity index is 2.45. The molecular weight excluding hydrogens is 212 g/mol. The first-order valence-corrected chi connectivity index (χ1v) is 7.12. The van der Waals surface area contributed by atoms with Crippen molar-refractivity contribution in [2.24, 2.45) is 17.6 Å². The lowest BCUT2D eigenvalue weighted by atomic mass is 9.79. The molecule has 102 valence electrons. The molecule has 1 fully saturated rings. The molecule has 1 aliphatic rings. The van der Waals surface area contributed by atoms with Gasteiger partial charge in [0.1, 0.15) is 0 Å². The molecule has 3 nitrogen and oxygen atoms in total. The lowest BCUT2D eigenvalue weighted by molar-refractivity contribution is 0.0929. The van der Waals surface area contributed by atoms with E-state index in [0.29, 0.717) is 6.04 Å². The van der Waals surface area contributed by atoms with Gasteiger partial charge in [0.05, 0.1) is 6.61 Å². The highest BCUT2D eigenvalue weighted by atomic mass is 16.5. The van der Waals surface area contributed by atoms with Gasteiger partial charge < -0.3 is 10.5 Å². The molecule has 0 radical (unpaired) electrons. The van der Waals surface area contributed by atoms with E-state index >= 15 is 0 Å². The van der Waals surface area contributed by atoms with Crippen LogP contribution in [0.4, 0.5) is 0 Å². The second-order valence-electron chi connectivity index (χ2n) is 5.62. The Morgan fingerprint density at radius 3 is 2.41 bits per heavy atom. The second kappa shape index (κ2) is 8.06. The molecule has 2 N–H and O–H groups in total. The zero-order valence-corrected chi connectivity index (χ0v) is 11.8. The molecule has 17 heavy (non-hydrogen) atoms. The zero-order chi connectivity index (χ0) is 12.7. The lowest BCUT2D eigenvalue weighted by Gasteiger charge is -2.36. The Morgan fingerprint density at radius 1 is 1.24 bits per heavy atom. The van der Waals surface area contributed by atoms with Gasteiger partial charge in [0.25, 0.3) is 0 Å². The summed E-state index contributed by atoms with van der Waals surface area (Å²) < 4.78 is 5.20. The number of nitrogens with zero attached hydrogens (tertiary/aromatic N) is 1. The predicted molar refractivity (Wildman–Crippen MR) is 73.1 cm³/mol. The summed E-state index contributed by atoms with van der Waals surface area (Å²) in [6.45, 7) is 8.48. The van der Waals surface area contributed by atoms with E-state index in [2.05, 4.69) is 18.7 Å². The van der Waals surface area contributed by atoms with Crippen LogP contribution in [0.3, 0.4) is 0 Å². The van der Waals surface area contributed by atoms with Crippen LogP contribution < -0.4 is 5.73 Å². The van der Waals surface area contributed by atoms with Crippen LogP contribution in [0.25, 0.3) is 0 Å². The maximum absolute atomic E-state index is 5.90. The van der Waals surface area contributed by atoms with Crippen molar-refractivity contribution >= 4 is 0 Å². The van der Waals surface area contributed by atoms with Crippen molar-refractivity contribution in [3.63, 3.8) is 0 Å². The van der Waals surface area contributed by atoms with E-state index in [9.17, 15) is 0 Å². The summed E-state index contributed by atoms with van der Waals surface area (Å²) in [5, 5.41) is 0. The highest BCUT2D eigenvalue weighted by Gasteiger charge is 2.26. The average Bonchev–Trinajstić information content (AvgIpc) is 2.34. The Morgan fingerprint density at radius 2 is 1.88 bits per heavy atom. The standard InChI is InChI=1S/C14H30N2O/c1-12(2)16(8-9-17-3)11-14-7-5-4-6-13(14)10-15/h12-14H,4-11,15H2,1-3H3. The summed E-state index contributed by atoms with van der Waals surface area (Å²) in [5.74, 6) is 1.54. The molecule has 0 bridgehead atoms. The summed E-state index contributed by atoms with van der Waals surface area (Å²) in [5.41, 5.74) is 5.90. The quantitative estimate of drug-likeness (QED) is 0.743. The molecule has 3 heteroatoms. The Bertz CT molecular complexity index is 197. The molecule has 0 aromatic rings. The van der Waals surface area contributed by atoms with Gasteiger partial charge in [-0.2, -0.15) is 0 Å². The van der Waals surface area contributed by atoms with Crippen molar-refractivity contribution in [2.75, 3.05) is 33.4 Å². The van der Waals surface area contributed by atoms with Crippen LogP contribution in [0.5, 0.6) is 0 Å². The fourth-order valence-corrected chi connectivity index (χ4v) is 2.91. The van der Waals surface area contributed by atoms with E-state index < -0.39 is 0 Å². The summed E-state index contributed by atoms with van der Waals surface area (Å²) >= 11 is 0. The van der Waals surface area contributed by atoms with Gasteiger partial charge in [-0.1, -0.05) is 12.8 Å². The molecule has 0 aromatic carbocycles. The van der Waals surface area contributed by atoms with Gasteiger partial charge in [-0.05, 0) is 45.1 Å². The lowest BCUT2D eigenvalue weighted by Crippen LogP contribution is -2.41. The minimum absolute atomic E-state index is 0.602. The van der Waals surface area contributed by atoms with Crippen LogP contribution in [0, 0.1) is 11.8 Å². The van der Waals surface area contributed by atoms with Crippen LogP contribution in [0.1, 0.15) is 39.5 Å². The first kappa shape index (κ1) is 14.9. The van der Waals surface area contributed by atoms with E-state index in [1.807, 2.05) is 0 Å². The first-order chi connectivity index (χ1) is 8.19. The Kier molecular flexibility index (Phi) is 7.09. The largest absolute Gasteiger partial charge is 0.383 e. The monoisotopic (exact) mass is 242 g/mol. The highest BCUT2D eigenvalue weighted by molar-refractivity contribution is 4.79. The van der Waals surface area contributed by atoms with Crippen molar-refractivity contribution in [3.8, 4) is 0 Å². The van der Waals surface area contributed by atoms with E-state index in [4.69, 9.17) is 10.5 Å². The van der Waals surface area contributed by atoms with E-state index in [-0.39, 0.29) is 0 Å². The SMILES string of the molecule is COCCN(CC1CCCCC1CN)C(C)C. The molecule has 0 saturated heterocycles. The van der Waals surface area contributed by atoms with Crippen LogP contribution in [0.15, 0.2) is 0 Å². The molecule has 0 amide bonds. The van der Waals surface area contributed by atoms with E-state index in [1.165, 1.54) is 32.2 Å². The van der Waals surface area contributed by atoms with Gasteiger partial charge in [-0.3, -0.25) is 4.90 Å². The van der Waals surface area contributed by atoms with Crippen molar-refractivity contribution in [2.45, 2.75) is 45.6 Å². The van der Waals surface area contributed by atoms with Crippen molar-refractivity contribution in [1.82, 2.24) is 4.90 Å². The van der Waals surface area contributed by atoms with Gasteiger partial charge in [-0.25, -0.2) is 0 Å². The summed E-state index contributed by atoms with van der Waals surface area (Å²) in [6, 6.07) is 0.602. The summed E-state index contributed by atoms with van der Waals surface area (Å²) in [4.78, 5) is 2.54. The van der Waals surface area contributed by atoms with Crippen LogP contribution in [-0.2, 0) is 4.74 Å². The number of ether oxygens (including phenoxy) is 1. The molecule has 0 spiro atoms. The highest BCUT2D eigenvalue weighted by Crippen LogP contribution is 2.30. The fourth-order valence-electron chi connectivity index (χ4n) is 2.91. The van der Waals surface area contributed by atoms with Gasteiger partial charge in [-0.15, -0.1) is 0 Å². The van der Waals surface area contributed by atoms with Crippen LogP contribution >= 0.6 is 0 Å². The maximum Gasteiger partial charge on any atom is 0.0589 e. The molecule has 2 atom stereocenters. The normalized spacial score (nSPS) is 25.8. The molecular formula is C14H30N2O. The minimum Gasteiger partial charge on any atom is -0.383 e. The Hall–Kier alpha value is -0.120. The Labute approximate surface area is 107 Å². The van der Waals surface area contributed by atoms with Crippen molar-refractivity contribution in [1.29, 1.82) is 0 Å². The molecule has 0 heterocycles. The molecule has 1 aliphatic carbocycles. The number of nitrogens with two attached hydrogens (primary N) is 1. The summed E-state index contributed by atoms with van der Waals surface area (Å²) in [6.07, 6.45) is 5.45. The van der Waals surface area contributed by atoms with Gasteiger partial charge >= 0.3 is 0 Å².